The molecule has 6 nitrogen and oxygen atoms in total. The average Bonchev–Trinajstić information content (AvgIpc) is 2.87. The van der Waals surface area contributed by atoms with E-state index in [-0.39, 0.29) is 6.61 Å². The van der Waals surface area contributed by atoms with Gasteiger partial charge in [-0.25, -0.2) is 0 Å². The Kier molecular flexibility index (Phi) is 7.63. The monoisotopic (exact) mass is 472 g/mol. The van der Waals surface area contributed by atoms with E-state index in [0.29, 0.717) is 0 Å². The SMILES string of the molecule is CC(=O)O[C@H]1[C@H](OC(C)=O)C=CO[C@@H]1COC(c1ccccc1)(c1ccccc1)c1ccccc1. The summed E-state index contributed by atoms with van der Waals surface area (Å²) in [4.78, 5) is 23.5. The van der Waals surface area contributed by atoms with Gasteiger partial charge in [0.15, 0.2) is 18.3 Å². The number of carbonyl (C=O) groups is 2. The molecule has 0 aliphatic carbocycles. The van der Waals surface area contributed by atoms with E-state index in [0.717, 1.165) is 16.7 Å². The van der Waals surface area contributed by atoms with Crippen LogP contribution in [0, 0.1) is 0 Å². The highest BCUT2D eigenvalue weighted by Crippen LogP contribution is 2.41. The van der Waals surface area contributed by atoms with Gasteiger partial charge in [0.25, 0.3) is 0 Å². The minimum absolute atomic E-state index is 0.0543. The van der Waals surface area contributed by atoms with Gasteiger partial charge >= 0.3 is 11.9 Å². The Hall–Kier alpha value is -3.90. The standard InChI is InChI=1S/C29H28O6/c1-21(30)34-26-18-19-32-27(28(26)35-22(2)31)20-33-29(23-12-6-3-7-13-23,24-14-8-4-9-15-24)25-16-10-5-11-17-25/h3-19,26-28H,20H2,1-2H3/t26-,27-,28+/m1/s1. The lowest BCUT2D eigenvalue weighted by Gasteiger charge is -2.39. The van der Waals surface area contributed by atoms with Crippen LogP contribution in [-0.4, -0.2) is 36.9 Å². The van der Waals surface area contributed by atoms with E-state index in [1.54, 1.807) is 6.08 Å². The van der Waals surface area contributed by atoms with E-state index in [9.17, 15) is 9.59 Å². The van der Waals surface area contributed by atoms with Crippen molar-refractivity contribution in [1.29, 1.82) is 0 Å². The molecule has 0 N–H and O–H groups in total. The second kappa shape index (κ2) is 11.0. The second-order valence-corrected chi connectivity index (χ2v) is 8.24. The molecule has 1 aliphatic rings. The van der Waals surface area contributed by atoms with Crippen LogP contribution in [0.5, 0.6) is 0 Å². The molecular formula is C29H28O6. The molecule has 0 radical (unpaired) electrons. The van der Waals surface area contributed by atoms with Gasteiger partial charge in [-0.05, 0) is 22.8 Å². The number of ether oxygens (including phenoxy) is 4. The van der Waals surface area contributed by atoms with Crippen molar-refractivity contribution in [3.8, 4) is 0 Å². The summed E-state index contributed by atoms with van der Waals surface area (Å²) < 4.78 is 23.5. The van der Waals surface area contributed by atoms with Gasteiger partial charge in [-0.3, -0.25) is 9.59 Å². The van der Waals surface area contributed by atoms with Crippen molar-refractivity contribution >= 4 is 11.9 Å². The van der Waals surface area contributed by atoms with Gasteiger partial charge in [0.2, 0.25) is 0 Å². The minimum Gasteiger partial charge on any atom is -0.492 e. The first-order valence-corrected chi connectivity index (χ1v) is 11.5. The van der Waals surface area contributed by atoms with Gasteiger partial charge in [-0.1, -0.05) is 91.0 Å². The molecule has 4 rings (SSSR count). The Labute approximate surface area is 205 Å². The quantitative estimate of drug-likeness (QED) is 0.347. The highest BCUT2D eigenvalue weighted by atomic mass is 16.6. The molecule has 1 heterocycles. The zero-order valence-corrected chi connectivity index (χ0v) is 19.7. The fourth-order valence-electron chi connectivity index (χ4n) is 4.36. The first-order valence-electron chi connectivity index (χ1n) is 11.5. The zero-order chi connectivity index (χ0) is 24.7. The third-order valence-electron chi connectivity index (χ3n) is 5.82. The molecule has 6 heteroatoms. The third-order valence-corrected chi connectivity index (χ3v) is 5.82. The van der Waals surface area contributed by atoms with Crippen LogP contribution in [0.25, 0.3) is 0 Å². The largest absolute Gasteiger partial charge is 0.492 e. The number of rotatable bonds is 8. The van der Waals surface area contributed by atoms with E-state index < -0.39 is 35.9 Å². The van der Waals surface area contributed by atoms with Gasteiger partial charge in [0.05, 0.1) is 12.9 Å². The summed E-state index contributed by atoms with van der Waals surface area (Å²) in [5.74, 6) is -0.984. The number of hydrogen-bond donors (Lipinski definition) is 0. The topological polar surface area (TPSA) is 71.1 Å². The number of esters is 2. The highest BCUT2D eigenvalue weighted by molar-refractivity contribution is 5.67. The van der Waals surface area contributed by atoms with Crippen LogP contribution < -0.4 is 0 Å². The molecule has 180 valence electrons. The van der Waals surface area contributed by atoms with Gasteiger partial charge in [-0.2, -0.15) is 0 Å². The molecule has 0 unspecified atom stereocenters. The predicted octanol–water partition coefficient (Wildman–Crippen LogP) is 4.77. The van der Waals surface area contributed by atoms with E-state index in [1.807, 2.05) is 91.0 Å². The minimum atomic E-state index is -0.966. The van der Waals surface area contributed by atoms with Crippen molar-refractivity contribution in [1.82, 2.24) is 0 Å². The van der Waals surface area contributed by atoms with Crippen LogP contribution in [-0.2, 0) is 34.1 Å². The van der Waals surface area contributed by atoms with Gasteiger partial charge < -0.3 is 18.9 Å². The maximum absolute atomic E-state index is 11.9. The average molecular weight is 473 g/mol. The van der Waals surface area contributed by atoms with Crippen molar-refractivity contribution in [3.05, 3.63) is 120 Å². The Morgan fingerprint density at radius 3 is 1.63 bits per heavy atom. The van der Waals surface area contributed by atoms with Gasteiger partial charge in [0, 0.05) is 13.8 Å². The molecule has 0 aromatic heterocycles. The highest BCUT2D eigenvalue weighted by Gasteiger charge is 2.42. The fourth-order valence-corrected chi connectivity index (χ4v) is 4.36. The van der Waals surface area contributed by atoms with Gasteiger partial charge in [-0.15, -0.1) is 0 Å². The first kappa shape index (κ1) is 24.2. The van der Waals surface area contributed by atoms with E-state index >= 15 is 0 Å². The first-order chi connectivity index (χ1) is 17.0. The number of benzene rings is 3. The molecule has 0 spiro atoms. The Bertz CT molecular complexity index is 1050. The normalized spacial score (nSPS) is 19.4. The lowest BCUT2D eigenvalue weighted by Crippen LogP contribution is -2.48. The van der Waals surface area contributed by atoms with E-state index in [1.165, 1.54) is 20.1 Å². The molecule has 3 aromatic rings. The predicted molar refractivity (Wildman–Crippen MR) is 130 cm³/mol. The molecule has 35 heavy (non-hydrogen) atoms. The second-order valence-electron chi connectivity index (χ2n) is 8.24. The molecule has 3 atom stereocenters. The molecule has 3 aromatic carbocycles. The molecule has 0 bridgehead atoms. The summed E-state index contributed by atoms with van der Waals surface area (Å²) in [6.07, 6.45) is 0.671. The summed E-state index contributed by atoms with van der Waals surface area (Å²) in [6.45, 7) is 2.67. The number of hydrogen-bond acceptors (Lipinski definition) is 6. The summed E-state index contributed by atoms with van der Waals surface area (Å²) in [6, 6.07) is 29.8. The van der Waals surface area contributed by atoms with Crippen LogP contribution in [0.1, 0.15) is 30.5 Å². The lowest BCUT2D eigenvalue weighted by molar-refractivity contribution is -0.180. The van der Waals surface area contributed by atoms with Crippen LogP contribution in [0.2, 0.25) is 0 Å². The van der Waals surface area contributed by atoms with Crippen molar-refractivity contribution in [3.63, 3.8) is 0 Å². The van der Waals surface area contributed by atoms with Gasteiger partial charge in [0.1, 0.15) is 5.60 Å². The molecule has 1 aliphatic heterocycles. The van der Waals surface area contributed by atoms with Crippen LogP contribution in [0.15, 0.2) is 103 Å². The third kappa shape index (κ3) is 5.44. The van der Waals surface area contributed by atoms with Crippen molar-refractivity contribution in [2.24, 2.45) is 0 Å². The Balaban J connectivity index is 1.76. The smallest absolute Gasteiger partial charge is 0.303 e. The van der Waals surface area contributed by atoms with Crippen molar-refractivity contribution < 1.29 is 28.5 Å². The maximum Gasteiger partial charge on any atom is 0.303 e. The summed E-state index contributed by atoms with van der Waals surface area (Å²) in [7, 11) is 0. The molecule has 0 fully saturated rings. The molecule has 0 amide bonds. The van der Waals surface area contributed by atoms with Crippen molar-refractivity contribution in [2.75, 3.05) is 6.61 Å². The summed E-state index contributed by atoms with van der Waals surface area (Å²) in [5, 5.41) is 0. The summed E-state index contributed by atoms with van der Waals surface area (Å²) in [5.41, 5.74) is 1.84. The molecular weight excluding hydrogens is 444 g/mol. The Morgan fingerprint density at radius 2 is 1.20 bits per heavy atom. The lowest BCUT2D eigenvalue weighted by atomic mass is 9.80. The molecule has 0 saturated carbocycles. The van der Waals surface area contributed by atoms with Crippen LogP contribution >= 0.6 is 0 Å². The Morgan fingerprint density at radius 1 is 0.743 bits per heavy atom. The van der Waals surface area contributed by atoms with Crippen molar-refractivity contribution in [2.45, 2.75) is 37.8 Å². The fraction of sp³-hybridized carbons (Fsp3) is 0.241. The van der Waals surface area contributed by atoms with Crippen LogP contribution in [0.3, 0.4) is 0 Å². The number of carbonyl (C=O) groups excluding carboxylic acids is 2. The summed E-state index contributed by atoms with van der Waals surface area (Å²) >= 11 is 0. The molecule has 0 saturated heterocycles. The van der Waals surface area contributed by atoms with Crippen LogP contribution in [0.4, 0.5) is 0 Å². The zero-order valence-electron chi connectivity index (χ0n) is 19.7. The van der Waals surface area contributed by atoms with E-state index in [2.05, 4.69) is 0 Å². The maximum atomic E-state index is 11.9. The van der Waals surface area contributed by atoms with E-state index in [4.69, 9.17) is 18.9 Å².